The molecular formula is C17H28N2O3. The van der Waals surface area contributed by atoms with E-state index in [1.807, 2.05) is 14.1 Å². The number of benzene rings is 1. The largest absolute Gasteiger partial charge is 0.481 e. The van der Waals surface area contributed by atoms with Crippen LogP contribution in [-0.2, 0) is 11.4 Å². The van der Waals surface area contributed by atoms with E-state index in [0.717, 1.165) is 12.1 Å². The molecule has 5 heteroatoms. The lowest BCUT2D eigenvalue weighted by molar-refractivity contribution is -0.127. The Kier molecular flexibility index (Phi) is 6.84. The van der Waals surface area contributed by atoms with E-state index >= 15 is 0 Å². The minimum Gasteiger partial charge on any atom is -0.481 e. The monoisotopic (exact) mass is 308 g/mol. The maximum Gasteiger partial charge on any atom is 0.260 e. The van der Waals surface area contributed by atoms with Crippen LogP contribution in [0.25, 0.3) is 0 Å². The highest BCUT2D eigenvalue weighted by Gasteiger charge is 2.22. The van der Waals surface area contributed by atoms with Crippen molar-refractivity contribution in [1.29, 1.82) is 0 Å². The molecule has 0 saturated heterocycles. The van der Waals surface area contributed by atoms with Crippen molar-refractivity contribution in [1.82, 2.24) is 10.2 Å². The molecule has 0 saturated carbocycles. The molecule has 1 aromatic rings. The van der Waals surface area contributed by atoms with Crippen LogP contribution in [-0.4, -0.2) is 49.2 Å². The fourth-order valence-corrected chi connectivity index (χ4v) is 2.36. The molecule has 0 radical (unpaired) electrons. The highest BCUT2D eigenvalue weighted by atomic mass is 16.5. The third-order valence-electron chi connectivity index (χ3n) is 3.25. The van der Waals surface area contributed by atoms with Crippen molar-refractivity contribution >= 4 is 5.91 Å². The number of hydrogen-bond donors (Lipinski definition) is 2. The van der Waals surface area contributed by atoms with Crippen LogP contribution in [0.15, 0.2) is 24.3 Å². The lowest BCUT2D eigenvalue weighted by Crippen LogP contribution is -2.44. The average molecular weight is 308 g/mol. The van der Waals surface area contributed by atoms with Crippen molar-refractivity contribution in [2.75, 3.05) is 27.2 Å². The van der Waals surface area contributed by atoms with Gasteiger partial charge in [-0.1, -0.05) is 26.0 Å². The average Bonchev–Trinajstić information content (AvgIpc) is 2.43. The molecule has 0 aromatic heterocycles. The Balaban J connectivity index is 2.51. The summed E-state index contributed by atoms with van der Waals surface area (Å²) in [6, 6.07) is 7.12. The maximum atomic E-state index is 12.1. The van der Waals surface area contributed by atoms with Crippen LogP contribution in [0.3, 0.4) is 0 Å². The van der Waals surface area contributed by atoms with E-state index in [9.17, 15) is 4.79 Å². The van der Waals surface area contributed by atoms with E-state index in [1.165, 1.54) is 0 Å². The van der Waals surface area contributed by atoms with Crippen LogP contribution < -0.4 is 10.1 Å². The van der Waals surface area contributed by atoms with Gasteiger partial charge in [0.25, 0.3) is 5.91 Å². The summed E-state index contributed by atoms with van der Waals surface area (Å²) in [6.07, 6.45) is -0.580. The normalized spacial score (nSPS) is 13.0. The van der Waals surface area contributed by atoms with Gasteiger partial charge in [-0.15, -0.1) is 0 Å². The zero-order valence-corrected chi connectivity index (χ0v) is 14.2. The molecule has 1 unspecified atom stereocenters. The first-order valence-electron chi connectivity index (χ1n) is 7.52. The molecule has 0 fully saturated rings. The number of amides is 1. The Morgan fingerprint density at radius 2 is 2.09 bits per heavy atom. The quantitative estimate of drug-likeness (QED) is 0.766. The molecule has 0 aliphatic heterocycles. The summed E-state index contributed by atoms with van der Waals surface area (Å²) in [5, 5.41) is 12.0. The number of carbonyl (C=O) groups is 1. The summed E-state index contributed by atoms with van der Waals surface area (Å²) >= 11 is 0. The molecule has 1 atom stereocenters. The maximum absolute atomic E-state index is 12.1. The van der Waals surface area contributed by atoms with Crippen LogP contribution in [0.2, 0.25) is 0 Å². The Labute approximate surface area is 133 Å². The van der Waals surface area contributed by atoms with Crippen molar-refractivity contribution in [3.05, 3.63) is 29.8 Å². The van der Waals surface area contributed by atoms with E-state index in [2.05, 4.69) is 24.1 Å². The SMILES string of the molecule is CC(Oc1cccc(CO)c1)C(=O)NCC(C)(C)CN(C)C. The first kappa shape index (κ1) is 18.5. The van der Waals surface area contributed by atoms with Gasteiger partial charge >= 0.3 is 0 Å². The van der Waals surface area contributed by atoms with Crippen LogP contribution in [0.4, 0.5) is 0 Å². The number of rotatable bonds is 8. The van der Waals surface area contributed by atoms with E-state index < -0.39 is 6.10 Å². The third-order valence-corrected chi connectivity index (χ3v) is 3.25. The van der Waals surface area contributed by atoms with Gasteiger partial charge in [0.15, 0.2) is 6.10 Å². The first-order valence-corrected chi connectivity index (χ1v) is 7.52. The minimum atomic E-state index is -0.580. The van der Waals surface area contributed by atoms with Gasteiger partial charge < -0.3 is 20.1 Å². The molecule has 124 valence electrons. The summed E-state index contributed by atoms with van der Waals surface area (Å²) < 4.78 is 5.63. The van der Waals surface area contributed by atoms with Gasteiger partial charge in [-0.25, -0.2) is 0 Å². The van der Waals surface area contributed by atoms with Crippen LogP contribution >= 0.6 is 0 Å². The van der Waals surface area contributed by atoms with E-state index in [1.54, 1.807) is 31.2 Å². The lowest BCUT2D eigenvalue weighted by Gasteiger charge is -2.29. The lowest BCUT2D eigenvalue weighted by atomic mass is 9.93. The van der Waals surface area contributed by atoms with Crippen LogP contribution in [0, 0.1) is 5.41 Å². The van der Waals surface area contributed by atoms with Crippen molar-refractivity contribution in [2.24, 2.45) is 5.41 Å². The first-order chi connectivity index (χ1) is 10.2. The van der Waals surface area contributed by atoms with E-state index in [0.29, 0.717) is 12.3 Å². The molecule has 1 amide bonds. The summed E-state index contributed by atoms with van der Waals surface area (Å²) in [5.41, 5.74) is 0.757. The van der Waals surface area contributed by atoms with Crippen molar-refractivity contribution in [2.45, 2.75) is 33.5 Å². The second-order valence-corrected chi connectivity index (χ2v) is 6.69. The van der Waals surface area contributed by atoms with Gasteiger partial charge in [-0.05, 0) is 44.1 Å². The zero-order chi connectivity index (χ0) is 16.8. The Morgan fingerprint density at radius 1 is 1.41 bits per heavy atom. The Morgan fingerprint density at radius 3 is 2.68 bits per heavy atom. The Bertz CT molecular complexity index is 487. The second kappa shape index (κ2) is 8.15. The van der Waals surface area contributed by atoms with Crippen molar-refractivity contribution in [3.63, 3.8) is 0 Å². The van der Waals surface area contributed by atoms with Gasteiger partial charge in [0.2, 0.25) is 0 Å². The van der Waals surface area contributed by atoms with Crippen molar-refractivity contribution in [3.8, 4) is 5.75 Å². The predicted octanol–water partition coefficient (Wildman–Crippen LogP) is 1.65. The van der Waals surface area contributed by atoms with Crippen LogP contribution in [0.1, 0.15) is 26.3 Å². The molecule has 1 aromatic carbocycles. The molecule has 0 heterocycles. The van der Waals surface area contributed by atoms with Gasteiger partial charge in [0.1, 0.15) is 5.75 Å². The molecule has 22 heavy (non-hydrogen) atoms. The fraction of sp³-hybridized carbons (Fsp3) is 0.588. The van der Waals surface area contributed by atoms with Crippen molar-refractivity contribution < 1.29 is 14.6 Å². The van der Waals surface area contributed by atoms with Gasteiger partial charge in [0, 0.05) is 13.1 Å². The highest BCUT2D eigenvalue weighted by molar-refractivity contribution is 5.80. The number of aliphatic hydroxyl groups is 1. The topological polar surface area (TPSA) is 61.8 Å². The molecule has 5 nitrogen and oxygen atoms in total. The van der Waals surface area contributed by atoms with E-state index in [4.69, 9.17) is 9.84 Å². The molecule has 2 N–H and O–H groups in total. The van der Waals surface area contributed by atoms with Gasteiger partial charge in [-0.3, -0.25) is 4.79 Å². The predicted molar refractivity (Wildman–Crippen MR) is 87.8 cm³/mol. The number of hydrogen-bond acceptors (Lipinski definition) is 4. The molecular weight excluding hydrogens is 280 g/mol. The molecule has 0 bridgehead atoms. The molecule has 0 spiro atoms. The zero-order valence-electron chi connectivity index (χ0n) is 14.2. The minimum absolute atomic E-state index is 0.00428. The summed E-state index contributed by atoms with van der Waals surface area (Å²) in [7, 11) is 4.03. The van der Waals surface area contributed by atoms with Gasteiger partial charge in [0.05, 0.1) is 6.61 Å². The molecule has 0 aliphatic carbocycles. The summed E-state index contributed by atoms with van der Waals surface area (Å²) in [6.45, 7) is 7.39. The summed E-state index contributed by atoms with van der Waals surface area (Å²) in [5.74, 6) is 0.447. The smallest absolute Gasteiger partial charge is 0.260 e. The molecule has 0 aliphatic rings. The van der Waals surface area contributed by atoms with Gasteiger partial charge in [-0.2, -0.15) is 0 Å². The standard InChI is InChI=1S/C17H28N2O3/c1-13(22-15-8-6-7-14(9-15)10-20)16(21)18-11-17(2,3)12-19(4)5/h6-9,13,20H,10-12H2,1-5H3,(H,18,21). The highest BCUT2D eigenvalue weighted by Crippen LogP contribution is 2.16. The second-order valence-electron chi connectivity index (χ2n) is 6.69. The summed E-state index contributed by atoms with van der Waals surface area (Å²) in [4.78, 5) is 14.2. The number of carbonyl (C=O) groups excluding carboxylic acids is 1. The van der Waals surface area contributed by atoms with E-state index in [-0.39, 0.29) is 17.9 Å². The fourth-order valence-electron chi connectivity index (χ4n) is 2.36. The number of nitrogens with one attached hydrogen (secondary N) is 1. The van der Waals surface area contributed by atoms with Crippen LogP contribution in [0.5, 0.6) is 5.75 Å². The molecule has 1 rings (SSSR count). The third kappa shape index (κ3) is 6.45. The number of nitrogens with zero attached hydrogens (tertiary/aromatic N) is 1. The number of ether oxygens (including phenoxy) is 1. The number of aliphatic hydroxyl groups excluding tert-OH is 1. The Hall–Kier alpha value is -1.59.